The SMILES string of the molecule is Cc1cccc(/C=C/C(=O)O)c1OCCC1CC1. The fourth-order valence-electron chi connectivity index (χ4n) is 1.90. The van der Waals surface area contributed by atoms with Gasteiger partial charge in [0.15, 0.2) is 0 Å². The molecule has 1 aliphatic rings. The van der Waals surface area contributed by atoms with Gasteiger partial charge in [0.2, 0.25) is 0 Å². The predicted molar refractivity (Wildman–Crippen MR) is 70.7 cm³/mol. The Bertz CT molecular complexity index is 459. The molecule has 3 heteroatoms. The topological polar surface area (TPSA) is 46.5 Å². The molecule has 0 saturated heterocycles. The van der Waals surface area contributed by atoms with E-state index in [4.69, 9.17) is 9.84 Å². The molecule has 1 aliphatic carbocycles. The minimum Gasteiger partial charge on any atom is -0.493 e. The maximum atomic E-state index is 10.6. The van der Waals surface area contributed by atoms with E-state index in [0.717, 1.165) is 35.3 Å². The average molecular weight is 246 g/mol. The van der Waals surface area contributed by atoms with Crippen LogP contribution in [0, 0.1) is 12.8 Å². The summed E-state index contributed by atoms with van der Waals surface area (Å²) in [5, 5.41) is 8.66. The molecule has 0 unspecified atom stereocenters. The Morgan fingerprint density at radius 1 is 1.50 bits per heavy atom. The lowest BCUT2D eigenvalue weighted by atomic mass is 10.1. The molecule has 0 atom stereocenters. The number of aryl methyl sites for hydroxylation is 1. The molecular formula is C15H18O3. The van der Waals surface area contributed by atoms with Crippen LogP contribution in [-0.2, 0) is 4.79 Å². The smallest absolute Gasteiger partial charge is 0.328 e. The van der Waals surface area contributed by atoms with Gasteiger partial charge < -0.3 is 9.84 Å². The van der Waals surface area contributed by atoms with E-state index in [9.17, 15) is 4.79 Å². The van der Waals surface area contributed by atoms with Crippen LogP contribution in [0.5, 0.6) is 5.75 Å². The highest BCUT2D eigenvalue weighted by molar-refractivity contribution is 5.86. The van der Waals surface area contributed by atoms with E-state index in [2.05, 4.69) is 0 Å². The van der Waals surface area contributed by atoms with Crippen LogP contribution in [0.1, 0.15) is 30.4 Å². The van der Waals surface area contributed by atoms with Gasteiger partial charge in [0.05, 0.1) is 6.61 Å². The number of rotatable bonds is 6. The standard InChI is InChI=1S/C15H18O3/c1-11-3-2-4-13(7-8-14(16)17)15(11)18-10-9-12-5-6-12/h2-4,7-8,12H,5-6,9-10H2,1H3,(H,16,17)/b8-7+. The van der Waals surface area contributed by atoms with Gasteiger partial charge in [-0.1, -0.05) is 31.0 Å². The van der Waals surface area contributed by atoms with Crippen LogP contribution < -0.4 is 4.74 Å². The monoisotopic (exact) mass is 246 g/mol. The third kappa shape index (κ3) is 3.62. The normalized spacial score (nSPS) is 14.9. The summed E-state index contributed by atoms with van der Waals surface area (Å²) in [5.74, 6) is 0.697. The number of benzene rings is 1. The van der Waals surface area contributed by atoms with E-state index in [1.54, 1.807) is 6.08 Å². The number of carbonyl (C=O) groups is 1. The van der Waals surface area contributed by atoms with Crippen molar-refractivity contribution in [2.24, 2.45) is 5.92 Å². The van der Waals surface area contributed by atoms with Gasteiger partial charge in [-0.2, -0.15) is 0 Å². The number of ether oxygens (including phenoxy) is 1. The van der Waals surface area contributed by atoms with Crippen molar-refractivity contribution in [1.82, 2.24) is 0 Å². The molecule has 1 saturated carbocycles. The van der Waals surface area contributed by atoms with E-state index in [1.165, 1.54) is 12.8 Å². The van der Waals surface area contributed by atoms with Crippen molar-refractivity contribution in [2.45, 2.75) is 26.2 Å². The van der Waals surface area contributed by atoms with Crippen LogP contribution in [-0.4, -0.2) is 17.7 Å². The lowest BCUT2D eigenvalue weighted by Gasteiger charge is -2.11. The van der Waals surface area contributed by atoms with Gasteiger partial charge >= 0.3 is 5.97 Å². The Balaban J connectivity index is 2.06. The molecule has 0 radical (unpaired) electrons. The summed E-state index contributed by atoms with van der Waals surface area (Å²) in [6.45, 7) is 2.69. The lowest BCUT2D eigenvalue weighted by Crippen LogP contribution is -2.01. The van der Waals surface area contributed by atoms with E-state index >= 15 is 0 Å². The number of para-hydroxylation sites is 1. The molecule has 0 aromatic heterocycles. The Kier molecular flexibility index (Phi) is 4.03. The lowest BCUT2D eigenvalue weighted by molar-refractivity contribution is -0.131. The van der Waals surface area contributed by atoms with Crippen molar-refractivity contribution in [1.29, 1.82) is 0 Å². The van der Waals surface area contributed by atoms with Crippen molar-refractivity contribution < 1.29 is 14.6 Å². The van der Waals surface area contributed by atoms with Crippen molar-refractivity contribution in [3.05, 3.63) is 35.4 Å². The van der Waals surface area contributed by atoms with Gasteiger partial charge in [-0.05, 0) is 30.9 Å². The summed E-state index contributed by atoms with van der Waals surface area (Å²) >= 11 is 0. The fourth-order valence-corrected chi connectivity index (χ4v) is 1.90. The van der Waals surface area contributed by atoms with E-state index in [-0.39, 0.29) is 0 Å². The Morgan fingerprint density at radius 3 is 2.94 bits per heavy atom. The van der Waals surface area contributed by atoms with Crippen molar-refractivity contribution in [2.75, 3.05) is 6.61 Å². The summed E-state index contributed by atoms with van der Waals surface area (Å²) in [6, 6.07) is 5.76. The van der Waals surface area contributed by atoms with Gasteiger partial charge in [-0.25, -0.2) is 4.79 Å². The van der Waals surface area contributed by atoms with Crippen LogP contribution in [0.25, 0.3) is 6.08 Å². The number of aliphatic carboxylic acids is 1. The first-order chi connectivity index (χ1) is 8.66. The maximum absolute atomic E-state index is 10.6. The molecule has 3 nitrogen and oxygen atoms in total. The van der Waals surface area contributed by atoms with Crippen molar-refractivity contribution in [3.63, 3.8) is 0 Å². The maximum Gasteiger partial charge on any atom is 0.328 e. The molecule has 1 aromatic carbocycles. The molecule has 0 amide bonds. The zero-order valence-corrected chi connectivity index (χ0v) is 10.6. The molecule has 0 aliphatic heterocycles. The molecule has 0 spiro atoms. The van der Waals surface area contributed by atoms with Gasteiger partial charge in [-0.3, -0.25) is 0 Å². The first-order valence-electron chi connectivity index (χ1n) is 6.30. The molecule has 1 aromatic rings. The second kappa shape index (κ2) is 5.71. The second-order valence-electron chi connectivity index (χ2n) is 4.75. The number of hydrogen-bond acceptors (Lipinski definition) is 2. The van der Waals surface area contributed by atoms with Crippen molar-refractivity contribution in [3.8, 4) is 5.75 Å². The number of hydrogen-bond donors (Lipinski definition) is 1. The summed E-state index contributed by atoms with van der Waals surface area (Å²) < 4.78 is 5.81. The fraction of sp³-hybridized carbons (Fsp3) is 0.400. The zero-order chi connectivity index (χ0) is 13.0. The Labute approximate surface area is 107 Å². The quantitative estimate of drug-likeness (QED) is 0.783. The Morgan fingerprint density at radius 2 is 2.28 bits per heavy atom. The molecule has 1 N–H and O–H groups in total. The van der Waals surface area contributed by atoms with Crippen LogP contribution >= 0.6 is 0 Å². The molecule has 1 fully saturated rings. The molecule has 96 valence electrons. The van der Waals surface area contributed by atoms with Gasteiger partial charge in [-0.15, -0.1) is 0 Å². The number of carboxylic acid groups (broad SMARTS) is 1. The second-order valence-corrected chi connectivity index (χ2v) is 4.75. The first kappa shape index (κ1) is 12.7. The van der Waals surface area contributed by atoms with Gasteiger partial charge in [0, 0.05) is 11.6 Å². The first-order valence-corrected chi connectivity index (χ1v) is 6.30. The van der Waals surface area contributed by atoms with Crippen LogP contribution in [0.3, 0.4) is 0 Å². The van der Waals surface area contributed by atoms with Crippen LogP contribution in [0.4, 0.5) is 0 Å². The molecule has 0 bridgehead atoms. The van der Waals surface area contributed by atoms with Crippen LogP contribution in [0.15, 0.2) is 24.3 Å². The number of carboxylic acids is 1. The highest BCUT2D eigenvalue weighted by Crippen LogP contribution is 2.33. The third-order valence-corrected chi connectivity index (χ3v) is 3.12. The molecular weight excluding hydrogens is 228 g/mol. The molecule has 2 rings (SSSR count). The van der Waals surface area contributed by atoms with Crippen LogP contribution in [0.2, 0.25) is 0 Å². The minimum absolute atomic E-state index is 0.712. The highest BCUT2D eigenvalue weighted by Gasteiger charge is 2.20. The zero-order valence-electron chi connectivity index (χ0n) is 10.6. The van der Waals surface area contributed by atoms with Gasteiger partial charge in [0.1, 0.15) is 5.75 Å². The van der Waals surface area contributed by atoms with E-state index < -0.39 is 5.97 Å². The Hall–Kier alpha value is -1.77. The highest BCUT2D eigenvalue weighted by atomic mass is 16.5. The average Bonchev–Trinajstić information content (AvgIpc) is 3.13. The largest absolute Gasteiger partial charge is 0.493 e. The molecule has 0 heterocycles. The van der Waals surface area contributed by atoms with Crippen molar-refractivity contribution >= 4 is 12.0 Å². The minimum atomic E-state index is -0.944. The summed E-state index contributed by atoms with van der Waals surface area (Å²) in [7, 11) is 0. The van der Waals surface area contributed by atoms with Gasteiger partial charge in [0.25, 0.3) is 0 Å². The molecule has 18 heavy (non-hydrogen) atoms. The predicted octanol–water partition coefficient (Wildman–Crippen LogP) is 3.27. The van der Waals surface area contributed by atoms with E-state index in [1.807, 2.05) is 25.1 Å². The van der Waals surface area contributed by atoms with E-state index in [0.29, 0.717) is 6.61 Å². The summed E-state index contributed by atoms with van der Waals surface area (Å²) in [6.07, 6.45) is 6.46. The summed E-state index contributed by atoms with van der Waals surface area (Å²) in [4.78, 5) is 10.6. The third-order valence-electron chi connectivity index (χ3n) is 3.12. The summed E-state index contributed by atoms with van der Waals surface area (Å²) in [5.41, 5.74) is 1.87.